The van der Waals surface area contributed by atoms with Crippen molar-refractivity contribution in [3.8, 4) is 0 Å². The number of aliphatic hydroxyl groups excluding tert-OH is 1. The van der Waals surface area contributed by atoms with Crippen molar-refractivity contribution in [3.05, 3.63) is 16.1 Å². The maximum Gasteiger partial charge on any atom is 0.273 e. The highest BCUT2D eigenvalue weighted by molar-refractivity contribution is 7.09. The van der Waals surface area contributed by atoms with E-state index in [2.05, 4.69) is 18.8 Å². The Morgan fingerprint density at radius 1 is 1.42 bits per heavy atom. The van der Waals surface area contributed by atoms with Crippen molar-refractivity contribution < 1.29 is 14.7 Å². The Balaban J connectivity index is 1.71. The predicted molar refractivity (Wildman–Crippen MR) is 92.1 cm³/mol. The summed E-state index contributed by atoms with van der Waals surface area (Å²) in [7, 11) is 0. The van der Waals surface area contributed by atoms with E-state index in [0.29, 0.717) is 44.2 Å². The van der Waals surface area contributed by atoms with E-state index in [9.17, 15) is 9.59 Å². The molecule has 1 atom stereocenters. The average Bonchev–Trinajstić information content (AvgIpc) is 3.20. The average molecular weight is 351 g/mol. The molecule has 1 N–H and O–H groups in total. The Kier molecular flexibility index (Phi) is 4.92. The first kappa shape index (κ1) is 17.4. The molecule has 0 aliphatic carbocycles. The molecule has 7 heteroatoms. The Morgan fingerprint density at radius 3 is 2.88 bits per heavy atom. The van der Waals surface area contributed by atoms with Crippen LogP contribution in [0.2, 0.25) is 0 Å². The molecule has 2 amide bonds. The summed E-state index contributed by atoms with van der Waals surface area (Å²) < 4.78 is 0. The normalized spacial score (nSPS) is 24.4. The van der Waals surface area contributed by atoms with Gasteiger partial charge in [-0.1, -0.05) is 13.8 Å². The van der Waals surface area contributed by atoms with Crippen molar-refractivity contribution in [3.63, 3.8) is 0 Å². The minimum Gasteiger partial charge on any atom is -0.395 e. The molecule has 0 saturated carbocycles. The van der Waals surface area contributed by atoms with E-state index < -0.39 is 5.41 Å². The quantitative estimate of drug-likeness (QED) is 0.896. The van der Waals surface area contributed by atoms with Crippen molar-refractivity contribution in [2.75, 3.05) is 32.8 Å². The zero-order chi connectivity index (χ0) is 17.3. The standard InChI is InChI=1S/C17H25N3O3S/c1-12(2)14-18-13(10-24-14)15(22)20-7-5-17(11-20)4-3-6-19(8-9-21)16(17)23/h10,12,21H,3-9,11H2,1-2H3/t17-/m1/s1. The van der Waals surface area contributed by atoms with Crippen LogP contribution in [0.15, 0.2) is 5.38 Å². The molecule has 2 aliphatic rings. The Bertz CT molecular complexity index is 628. The van der Waals surface area contributed by atoms with Gasteiger partial charge in [0.25, 0.3) is 5.91 Å². The maximum absolute atomic E-state index is 12.8. The van der Waals surface area contributed by atoms with E-state index in [1.54, 1.807) is 9.80 Å². The Morgan fingerprint density at radius 2 is 2.21 bits per heavy atom. The molecule has 1 aromatic rings. The van der Waals surface area contributed by atoms with Crippen molar-refractivity contribution in [1.29, 1.82) is 0 Å². The van der Waals surface area contributed by atoms with Crippen molar-refractivity contribution in [1.82, 2.24) is 14.8 Å². The highest BCUT2D eigenvalue weighted by Crippen LogP contribution is 2.40. The maximum atomic E-state index is 12.8. The number of nitrogens with zero attached hydrogens (tertiary/aromatic N) is 3. The van der Waals surface area contributed by atoms with Gasteiger partial charge in [-0.2, -0.15) is 0 Å². The Hall–Kier alpha value is -1.47. The predicted octanol–water partition coefficient (Wildman–Crippen LogP) is 1.71. The largest absolute Gasteiger partial charge is 0.395 e. The summed E-state index contributed by atoms with van der Waals surface area (Å²) in [5.74, 6) is 0.342. The first-order valence-electron chi connectivity index (χ1n) is 8.62. The van der Waals surface area contributed by atoms with Crippen LogP contribution in [0.5, 0.6) is 0 Å². The molecular formula is C17H25N3O3S. The van der Waals surface area contributed by atoms with Gasteiger partial charge in [0, 0.05) is 37.5 Å². The van der Waals surface area contributed by atoms with Crippen molar-refractivity contribution >= 4 is 23.2 Å². The molecule has 0 aromatic carbocycles. The van der Waals surface area contributed by atoms with Crippen LogP contribution in [0.1, 0.15) is 54.5 Å². The molecule has 1 aromatic heterocycles. The number of piperidine rings is 1. The van der Waals surface area contributed by atoms with E-state index >= 15 is 0 Å². The summed E-state index contributed by atoms with van der Waals surface area (Å²) in [4.78, 5) is 33.5. The van der Waals surface area contributed by atoms with E-state index in [1.165, 1.54) is 11.3 Å². The fourth-order valence-corrected chi connectivity index (χ4v) is 4.53. The summed E-state index contributed by atoms with van der Waals surface area (Å²) in [6, 6.07) is 0. The minimum atomic E-state index is -0.458. The zero-order valence-corrected chi connectivity index (χ0v) is 15.1. The fourth-order valence-electron chi connectivity index (χ4n) is 3.72. The van der Waals surface area contributed by atoms with Gasteiger partial charge < -0.3 is 14.9 Å². The number of rotatable bonds is 4. The van der Waals surface area contributed by atoms with Crippen LogP contribution in [-0.2, 0) is 4.79 Å². The summed E-state index contributed by atoms with van der Waals surface area (Å²) in [6.45, 7) is 6.29. The molecule has 6 nitrogen and oxygen atoms in total. The summed E-state index contributed by atoms with van der Waals surface area (Å²) >= 11 is 1.52. The highest BCUT2D eigenvalue weighted by atomic mass is 32.1. The summed E-state index contributed by atoms with van der Waals surface area (Å²) in [5, 5.41) is 11.9. The van der Waals surface area contributed by atoms with Crippen LogP contribution in [-0.4, -0.2) is 64.5 Å². The second kappa shape index (κ2) is 6.80. The minimum absolute atomic E-state index is 0.0126. The second-order valence-corrected chi connectivity index (χ2v) is 7.99. The molecule has 1 spiro atoms. The van der Waals surface area contributed by atoms with Gasteiger partial charge in [0.15, 0.2) is 0 Å². The molecule has 2 saturated heterocycles. The third-order valence-corrected chi connectivity index (χ3v) is 6.22. The van der Waals surface area contributed by atoms with Crippen molar-refractivity contribution in [2.45, 2.75) is 39.0 Å². The van der Waals surface area contributed by atoms with Gasteiger partial charge in [-0.3, -0.25) is 9.59 Å². The molecule has 2 aliphatic heterocycles. The number of amides is 2. The van der Waals surface area contributed by atoms with Gasteiger partial charge in [0.2, 0.25) is 5.91 Å². The number of aromatic nitrogens is 1. The molecule has 3 heterocycles. The number of carbonyl (C=O) groups is 2. The van der Waals surface area contributed by atoms with Gasteiger partial charge in [-0.05, 0) is 19.3 Å². The number of β-amino-alcohol motifs (C(OH)–C–C–N with tert-alkyl or cyclic N) is 1. The van der Waals surface area contributed by atoms with Crippen LogP contribution in [0.3, 0.4) is 0 Å². The summed E-state index contributed by atoms with van der Waals surface area (Å²) in [6.07, 6.45) is 2.47. The lowest BCUT2D eigenvalue weighted by Gasteiger charge is -2.39. The lowest BCUT2D eigenvalue weighted by atomic mass is 9.78. The van der Waals surface area contributed by atoms with Gasteiger partial charge in [-0.15, -0.1) is 11.3 Å². The van der Waals surface area contributed by atoms with E-state index in [4.69, 9.17) is 5.11 Å². The first-order chi connectivity index (χ1) is 11.5. The van der Waals surface area contributed by atoms with E-state index in [-0.39, 0.29) is 18.4 Å². The number of hydrogen-bond donors (Lipinski definition) is 1. The monoisotopic (exact) mass is 351 g/mol. The molecular weight excluding hydrogens is 326 g/mol. The van der Waals surface area contributed by atoms with Crippen molar-refractivity contribution in [2.24, 2.45) is 5.41 Å². The van der Waals surface area contributed by atoms with Crippen LogP contribution >= 0.6 is 11.3 Å². The molecule has 2 fully saturated rings. The van der Waals surface area contributed by atoms with Gasteiger partial charge >= 0.3 is 0 Å². The SMILES string of the molecule is CC(C)c1nc(C(=O)N2CC[C@]3(CCCN(CCO)C3=O)C2)cs1. The van der Waals surface area contributed by atoms with E-state index in [1.807, 2.05) is 5.38 Å². The first-order valence-corrected chi connectivity index (χ1v) is 9.50. The number of likely N-dealkylation sites (tertiary alicyclic amines) is 2. The Labute approximate surface area is 146 Å². The van der Waals surface area contributed by atoms with Gasteiger partial charge in [-0.25, -0.2) is 4.98 Å². The van der Waals surface area contributed by atoms with Crippen LogP contribution in [0.4, 0.5) is 0 Å². The van der Waals surface area contributed by atoms with Crippen LogP contribution < -0.4 is 0 Å². The topological polar surface area (TPSA) is 73.7 Å². The van der Waals surface area contributed by atoms with Gasteiger partial charge in [0.05, 0.1) is 17.0 Å². The van der Waals surface area contributed by atoms with Crippen LogP contribution in [0, 0.1) is 5.41 Å². The molecule has 0 bridgehead atoms. The number of carbonyl (C=O) groups excluding carboxylic acids is 2. The number of hydrogen-bond acceptors (Lipinski definition) is 5. The summed E-state index contributed by atoms with van der Waals surface area (Å²) in [5.41, 5.74) is 0.0381. The number of thiazole rings is 1. The lowest BCUT2D eigenvalue weighted by Crippen LogP contribution is -2.51. The fraction of sp³-hybridized carbons (Fsp3) is 0.706. The zero-order valence-electron chi connectivity index (χ0n) is 14.3. The smallest absolute Gasteiger partial charge is 0.273 e. The third-order valence-electron chi connectivity index (χ3n) is 5.07. The molecule has 24 heavy (non-hydrogen) atoms. The number of aliphatic hydroxyl groups is 1. The lowest BCUT2D eigenvalue weighted by molar-refractivity contribution is -0.146. The third kappa shape index (κ3) is 3.07. The molecule has 3 rings (SSSR count). The molecule has 0 radical (unpaired) electrons. The van der Waals surface area contributed by atoms with Crippen LogP contribution in [0.25, 0.3) is 0 Å². The van der Waals surface area contributed by atoms with E-state index in [0.717, 1.165) is 17.8 Å². The van der Waals surface area contributed by atoms with Gasteiger partial charge in [0.1, 0.15) is 5.69 Å². The molecule has 0 unspecified atom stereocenters. The second-order valence-electron chi connectivity index (χ2n) is 7.10. The molecule has 132 valence electrons. The highest BCUT2D eigenvalue weighted by Gasteiger charge is 2.49.